The molecule has 0 spiro atoms. The molecule has 2 amide bonds. The van der Waals surface area contributed by atoms with E-state index in [4.69, 9.17) is 34.6 Å². The number of fused-ring (bicyclic) bond motifs is 2. The SMILES string of the molecule is CC(C)OC(=O)[C@H](CN)NC(=O)OCc1ccccc1.Cc1c(Br)ncnc1N1CCC(c2ccc3c(n2)NCCC3)CC1.Cc1c(NC[C@H](NC(=O)OCc2ccccc2)C(=O)OC(C)C)ncnc1N1CCC(c2ccc3c(n2)NCCC3)CC1. The molecular formula is C64H83BrN14O8. The van der Waals surface area contributed by atoms with Crippen LogP contribution in [-0.2, 0) is 54.6 Å². The highest BCUT2D eigenvalue weighted by molar-refractivity contribution is 9.10. The van der Waals surface area contributed by atoms with Gasteiger partial charge in [0.25, 0.3) is 0 Å². The number of anilines is 5. The fraction of sp³-hybridized carbons (Fsp3) is 0.469. The van der Waals surface area contributed by atoms with Crippen molar-refractivity contribution in [2.75, 3.05) is 78.1 Å². The fourth-order valence-corrected chi connectivity index (χ4v) is 10.9. The number of ether oxygens (including phenoxy) is 4. The number of pyridine rings is 2. The van der Waals surface area contributed by atoms with E-state index in [0.717, 1.165) is 140 Å². The lowest BCUT2D eigenvalue weighted by molar-refractivity contribution is -0.150. The Bertz CT molecular complexity index is 3200. The van der Waals surface area contributed by atoms with Crippen LogP contribution in [0.2, 0.25) is 0 Å². The van der Waals surface area contributed by atoms with Gasteiger partial charge in [-0.2, -0.15) is 0 Å². The Morgan fingerprint density at radius 2 is 1.06 bits per heavy atom. The second-order valence-electron chi connectivity index (χ2n) is 22.5. The Morgan fingerprint density at radius 3 is 1.53 bits per heavy atom. The molecular weight excluding hydrogens is 1170 g/mol. The van der Waals surface area contributed by atoms with Crippen LogP contribution in [-0.4, -0.2) is 131 Å². The first-order valence-electron chi connectivity index (χ1n) is 30.2. The third-order valence-electron chi connectivity index (χ3n) is 15.3. The zero-order valence-corrected chi connectivity index (χ0v) is 52.3. The van der Waals surface area contributed by atoms with Gasteiger partial charge in [-0.25, -0.2) is 49.1 Å². The Labute approximate surface area is 518 Å². The highest BCUT2D eigenvalue weighted by atomic mass is 79.9. The average molecular weight is 1260 g/mol. The number of piperidine rings is 2. The summed E-state index contributed by atoms with van der Waals surface area (Å²) in [6.07, 6.45) is 9.95. The number of esters is 2. The predicted octanol–water partition coefficient (Wildman–Crippen LogP) is 9.46. The maximum absolute atomic E-state index is 12.8. The standard InChI is InChI=1S/C32H41N7O4.C18H22BrN5.C14H20N2O4/c1-21(2)43-31(40)27(38-32(41)42-19-23-8-5-4-6-9-23)18-34-28-22(3)30(36-20-35-28)39-16-13-24(14-17-39)26-12-11-25-10-7-15-33-29(25)37-26;1-12-16(19)21-11-22-18(12)24-9-6-13(7-10-24)15-5-4-14-3-2-8-20-17(14)23-15;1-10(2)20-13(17)12(8-15)16-14(18)19-9-11-6-4-3-5-7-11/h4-6,8-9,11-12,20-21,24,27H,7,10,13-19H2,1-3H3,(H,33,37)(H,38,41)(H,34,35,36);4-5,11,13H,2-3,6-10H2,1H3,(H,20,23);3-7,10,12H,8-9,15H2,1-2H3,(H,16,18)/t27-;;12-/m0.0/s1. The van der Waals surface area contributed by atoms with Crippen LogP contribution in [0.3, 0.4) is 0 Å². The van der Waals surface area contributed by atoms with E-state index < -0.39 is 36.2 Å². The number of hydrogen-bond donors (Lipinski definition) is 6. The van der Waals surface area contributed by atoms with E-state index in [1.165, 1.54) is 29.6 Å². The molecule has 0 bridgehead atoms. The van der Waals surface area contributed by atoms with E-state index in [0.29, 0.717) is 17.7 Å². The molecule has 2 saturated heterocycles. The molecule has 2 atom stereocenters. The van der Waals surface area contributed by atoms with Crippen molar-refractivity contribution >= 4 is 69.1 Å². The van der Waals surface area contributed by atoms with Crippen LogP contribution >= 0.6 is 15.9 Å². The van der Waals surface area contributed by atoms with Gasteiger partial charge in [0, 0.05) is 86.7 Å². The highest BCUT2D eigenvalue weighted by Gasteiger charge is 2.29. The zero-order valence-electron chi connectivity index (χ0n) is 50.7. The monoisotopic (exact) mass is 1250 g/mol. The van der Waals surface area contributed by atoms with Gasteiger partial charge >= 0.3 is 24.1 Å². The van der Waals surface area contributed by atoms with Crippen LogP contribution in [0.1, 0.15) is 123 Å². The van der Waals surface area contributed by atoms with Crippen LogP contribution in [0.15, 0.2) is 102 Å². The minimum atomic E-state index is -0.974. The molecule has 0 unspecified atom stereocenters. The molecule has 6 aromatic rings. The summed E-state index contributed by atoms with van der Waals surface area (Å²) in [5.41, 5.74) is 14.2. The number of nitrogens with two attached hydrogens (primary N) is 1. The van der Waals surface area contributed by atoms with Gasteiger partial charge < -0.3 is 61.1 Å². The van der Waals surface area contributed by atoms with Gasteiger partial charge in [0.1, 0.15) is 71.6 Å². The quantitative estimate of drug-likeness (QED) is 0.0265. The van der Waals surface area contributed by atoms with Crippen molar-refractivity contribution in [3.63, 3.8) is 0 Å². The minimum Gasteiger partial charge on any atom is -0.461 e. The molecule has 23 heteroatoms. The van der Waals surface area contributed by atoms with Gasteiger partial charge in [-0.3, -0.25) is 0 Å². The van der Waals surface area contributed by atoms with E-state index in [-0.39, 0.29) is 38.5 Å². The Hall–Kier alpha value is -8.18. The third-order valence-corrected chi connectivity index (χ3v) is 16.1. The summed E-state index contributed by atoms with van der Waals surface area (Å²) < 4.78 is 21.6. The first-order valence-corrected chi connectivity index (χ1v) is 31.0. The van der Waals surface area contributed by atoms with Crippen molar-refractivity contribution in [1.29, 1.82) is 0 Å². The van der Waals surface area contributed by atoms with Gasteiger partial charge in [0.2, 0.25) is 0 Å². The number of carbonyl (C=O) groups excluding carboxylic acids is 4. The molecule has 4 aliphatic heterocycles. The number of rotatable bonds is 18. The summed E-state index contributed by atoms with van der Waals surface area (Å²) >= 11 is 3.50. The van der Waals surface area contributed by atoms with Crippen molar-refractivity contribution in [2.24, 2.45) is 5.73 Å². The van der Waals surface area contributed by atoms with Gasteiger partial charge in [0.05, 0.1) is 12.2 Å². The van der Waals surface area contributed by atoms with Gasteiger partial charge in [-0.1, -0.05) is 72.8 Å². The molecule has 0 radical (unpaired) electrons. The van der Waals surface area contributed by atoms with Crippen molar-refractivity contribution < 1.29 is 38.1 Å². The Morgan fingerprint density at radius 1 is 0.609 bits per heavy atom. The second kappa shape index (κ2) is 32.5. The number of halogens is 1. The molecule has 10 rings (SSSR count). The van der Waals surface area contributed by atoms with Crippen molar-refractivity contribution in [3.05, 3.63) is 147 Å². The lowest BCUT2D eigenvalue weighted by atomic mass is 9.92. The second-order valence-corrected chi connectivity index (χ2v) is 23.2. The Balaban J connectivity index is 0.000000188. The van der Waals surface area contributed by atoms with E-state index in [1.807, 2.05) is 67.6 Å². The maximum atomic E-state index is 12.8. The first kappa shape index (κ1) is 64.8. The number of benzene rings is 2. The van der Waals surface area contributed by atoms with Crippen LogP contribution in [0.4, 0.5) is 38.7 Å². The number of nitrogens with zero attached hydrogens (tertiary/aromatic N) is 8. The van der Waals surface area contributed by atoms with Gasteiger partial charge in [0.15, 0.2) is 0 Å². The number of carbonyl (C=O) groups is 4. The molecule has 464 valence electrons. The normalized spacial score (nSPS) is 15.5. The van der Waals surface area contributed by atoms with Crippen molar-refractivity contribution in [3.8, 4) is 0 Å². The smallest absolute Gasteiger partial charge is 0.408 e. The molecule has 2 aromatic carbocycles. The molecule has 7 N–H and O–H groups in total. The van der Waals surface area contributed by atoms with Crippen molar-refractivity contribution in [2.45, 2.75) is 142 Å². The maximum Gasteiger partial charge on any atom is 0.408 e. The van der Waals surface area contributed by atoms with E-state index in [2.05, 4.69) is 103 Å². The minimum absolute atomic E-state index is 0.0496. The zero-order chi connectivity index (χ0) is 61.7. The number of aryl methyl sites for hydroxylation is 2. The summed E-state index contributed by atoms with van der Waals surface area (Å²) in [6, 6.07) is 25.6. The highest BCUT2D eigenvalue weighted by Crippen LogP contribution is 2.35. The van der Waals surface area contributed by atoms with Crippen molar-refractivity contribution in [1.82, 2.24) is 40.5 Å². The summed E-state index contributed by atoms with van der Waals surface area (Å²) in [5, 5.41) is 15.1. The predicted molar refractivity (Wildman–Crippen MR) is 339 cm³/mol. The lowest BCUT2D eigenvalue weighted by Gasteiger charge is -2.34. The lowest BCUT2D eigenvalue weighted by Crippen LogP contribution is -2.47. The fourth-order valence-electron chi connectivity index (χ4n) is 10.6. The van der Waals surface area contributed by atoms with Crippen LogP contribution in [0.25, 0.3) is 0 Å². The van der Waals surface area contributed by atoms with Crippen LogP contribution in [0.5, 0.6) is 0 Å². The van der Waals surface area contributed by atoms with Gasteiger partial charge in [-0.05, 0) is 143 Å². The molecule has 4 aliphatic rings. The third kappa shape index (κ3) is 19.2. The van der Waals surface area contributed by atoms with E-state index in [9.17, 15) is 19.2 Å². The van der Waals surface area contributed by atoms with Gasteiger partial charge in [-0.15, -0.1) is 0 Å². The Kier molecular flexibility index (Phi) is 24.2. The van der Waals surface area contributed by atoms with Crippen LogP contribution < -0.4 is 42.1 Å². The topological polar surface area (TPSA) is 275 Å². The first-order chi connectivity index (χ1) is 42.1. The molecule has 22 nitrogen and oxygen atoms in total. The molecule has 4 aromatic heterocycles. The summed E-state index contributed by atoms with van der Waals surface area (Å²) in [5.74, 6) is 4.48. The molecule has 8 heterocycles. The van der Waals surface area contributed by atoms with E-state index >= 15 is 0 Å². The molecule has 87 heavy (non-hydrogen) atoms. The number of hydrogen-bond acceptors (Lipinski definition) is 20. The average Bonchev–Trinajstić information content (AvgIpc) is 3.65. The van der Waals surface area contributed by atoms with Crippen LogP contribution in [0, 0.1) is 13.8 Å². The number of nitrogens with one attached hydrogen (secondary N) is 5. The summed E-state index contributed by atoms with van der Waals surface area (Å²) in [4.78, 5) is 80.8. The number of amides is 2. The molecule has 0 saturated carbocycles. The number of aromatic nitrogens is 6. The number of alkyl carbamates (subject to hydrolysis) is 2. The van der Waals surface area contributed by atoms with E-state index in [1.54, 1.807) is 34.0 Å². The summed E-state index contributed by atoms with van der Waals surface area (Å²) in [7, 11) is 0. The largest absolute Gasteiger partial charge is 0.461 e. The molecule has 2 fully saturated rings. The summed E-state index contributed by atoms with van der Waals surface area (Å²) in [6.45, 7) is 17.0. The molecule has 0 aliphatic carbocycles.